The van der Waals surface area contributed by atoms with Gasteiger partial charge in [0.2, 0.25) is 0 Å². The highest BCUT2D eigenvalue weighted by Crippen LogP contribution is 2.20. The largest absolute Gasteiger partial charge is 0.508 e. The third-order valence-electron chi connectivity index (χ3n) is 3.23. The molecule has 0 fully saturated rings. The Labute approximate surface area is 128 Å². The van der Waals surface area contributed by atoms with Crippen molar-refractivity contribution in [3.63, 3.8) is 0 Å². The van der Waals surface area contributed by atoms with Gasteiger partial charge in [0.1, 0.15) is 11.5 Å². The van der Waals surface area contributed by atoms with Crippen LogP contribution in [0, 0.1) is 0 Å². The highest BCUT2D eigenvalue weighted by Gasteiger charge is 2.14. The molecule has 0 unspecified atom stereocenters. The molecule has 5 heteroatoms. The lowest BCUT2D eigenvalue weighted by Gasteiger charge is -2.11. The quantitative estimate of drug-likeness (QED) is 0.713. The Kier molecular flexibility index (Phi) is 5.38. The van der Waals surface area contributed by atoms with E-state index < -0.39 is 12.1 Å². The number of aliphatic hydroxyl groups is 1. The van der Waals surface area contributed by atoms with Gasteiger partial charge in [-0.05, 0) is 35.4 Å². The summed E-state index contributed by atoms with van der Waals surface area (Å²) >= 11 is 0. The number of esters is 1. The van der Waals surface area contributed by atoms with Crippen molar-refractivity contribution < 1.29 is 24.9 Å². The second-order valence-corrected chi connectivity index (χ2v) is 4.95. The van der Waals surface area contributed by atoms with Crippen molar-refractivity contribution in [1.29, 1.82) is 0 Å². The van der Waals surface area contributed by atoms with Gasteiger partial charge in [-0.3, -0.25) is 4.79 Å². The van der Waals surface area contributed by atoms with Gasteiger partial charge in [-0.15, -0.1) is 0 Å². The summed E-state index contributed by atoms with van der Waals surface area (Å²) in [5.41, 5.74) is 1.50. The lowest BCUT2D eigenvalue weighted by molar-refractivity contribution is -0.145. The summed E-state index contributed by atoms with van der Waals surface area (Å²) in [6.07, 6.45) is -0.552. The molecule has 0 spiro atoms. The molecule has 0 aliphatic carbocycles. The van der Waals surface area contributed by atoms with Crippen LogP contribution < -0.4 is 0 Å². The fourth-order valence-electron chi connectivity index (χ4n) is 1.98. The molecule has 0 aliphatic rings. The molecule has 0 aliphatic heterocycles. The van der Waals surface area contributed by atoms with Crippen LogP contribution >= 0.6 is 0 Å². The number of ether oxygens (including phenoxy) is 1. The first-order chi connectivity index (χ1) is 10.5. The number of aromatic hydroxyl groups is 2. The number of hydrogen-bond acceptors (Lipinski definition) is 5. The molecular weight excluding hydrogens is 284 g/mol. The van der Waals surface area contributed by atoms with Crippen molar-refractivity contribution in [2.24, 2.45) is 0 Å². The molecule has 3 N–H and O–H groups in total. The summed E-state index contributed by atoms with van der Waals surface area (Å²) in [4.78, 5) is 11.7. The van der Waals surface area contributed by atoms with Crippen molar-refractivity contribution in [3.05, 3.63) is 59.7 Å². The van der Waals surface area contributed by atoms with Crippen LogP contribution in [0.25, 0.3) is 0 Å². The van der Waals surface area contributed by atoms with E-state index in [1.165, 1.54) is 12.1 Å². The fraction of sp³-hybridized carbons (Fsp3) is 0.235. The Morgan fingerprint density at radius 3 is 2.09 bits per heavy atom. The first kappa shape index (κ1) is 15.9. The molecule has 0 saturated carbocycles. The van der Waals surface area contributed by atoms with Crippen LogP contribution in [-0.2, 0) is 16.0 Å². The van der Waals surface area contributed by atoms with Crippen LogP contribution in [0.3, 0.4) is 0 Å². The second-order valence-electron chi connectivity index (χ2n) is 4.95. The van der Waals surface area contributed by atoms with Crippen LogP contribution in [0.15, 0.2) is 48.5 Å². The minimum atomic E-state index is -0.957. The SMILES string of the molecule is O=C(C[C@@H](O)c1ccc(O)cc1)OCCc1ccc(O)cc1. The van der Waals surface area contributed by atoms with E-state index >= 15 is 0 Å². The van der Waals surface area contributed by atoms with E-state index in [-0.39, 0.29) is 24.5 Å². The molecule has 0 aromatic heterocycles. The molecular formula is C17H18O5. The van der Waals surface area contributed by atoms with Gasteiger partial charge in [-0.1, -0.05) is 24.3 Å². The van der Waals surface area contributed by atoms with Gasteiger partial charge in [0.05, 0.1) is 19.1 Å². The molecule has 2 rings (SSSR count). The topological polar surface area (TPSA) is 87.0 Å². The summed E-state index contributed by atoms with van der Waals surface area (Å²) in [7, 11) is 0. The number of carbonyl (C=O) groups excluding carboxylic acids is 1. The maximum absolute atomic E-state index is 11.7. The number of carbonyl (C=O) groups is 1. The number of phenols is 2. The third kappa shape index (κ3) is 4.79. The zero-order valence-electron chi connectivity index (χ0n) is 12.0. The lowest BCUT2D eigenvalue weighted by atomic mass is 10.1. The van der Waals surface area contributed by atoms with Gasteiger partial charge in [0.15, 0.2) is 0 Å². The average Bonchev–Trinajstić information content (AvgIpc) is 2.50. The van der Waals surface area contributed by atoms with E-state index in [4.69, 9.17) is 9.84 Å². The average molecular weight is 302 g/mol. The smallest absolute Gasteiger partial charge is 0.308 e. The Bertz CT molecular complexity index is 604. The van der Waals surface area contributed by atoms with Crippen molar-refractivity contribution in [1.82, 2.24) is 0 Å². The standard InChI is InChI=1S/C17H18O5/c18-14-5-1-12(2-6-14)9-10-22-17(21)11-16(20)13-3-7-15(19)8-4-13/h1-8,16,18-20H,9-11H2/t16-/m1/s1. The highest BCUT2D eigenvalue weighted by atomic mass is 16.5. The van der Waals surface area contributed by atoms with Crippen molar-refractivity contribution >= 4 is 5.97 Å². The van der Waals surface area contributed by atoms with Crippen LogP contribution in [0.5, 0.6) is 11.5 Å². The van der Waals surface area contributed by atoms with Crippen LogP contribution in [0.1, 0.15) is 23.7 Å². The van der Waals surface area contributed by atoms with Gasteiger partial charge in [0.25, 0.3) is 0 Å². The fourth-order valence-corrected chi connectivity index (χ4v) is 1.98. The monoisotopic (exact) mass is 302 g/mol. The molecule has 2 aromatic carbocycles. The molecule has 0 saturated heterocycles. The molecule has 0 radical (unpaired) electrons. The molecule has 5 nitrogen and oxygen atoms in total. The van der Waals surface area contributed by atoms with Gasteiger partial charge < -0.3 is 20.1 Å². The molecule has 0 heterocycles. The highest BCUT2D eigenvalue weighted by molar-refractivity contribution is 5.70. The zero-order valence-corrected chi connectivity index (χ0v) is 12.0. The first-order valence-corrected chi connectivity index (χ1v) is 6.95. The molecule has 0 bridgehead atoms. The number of aliphatic hydroxyl groups excluding tert-OH is 1. The minimum absolute atomic E-state index is 0.104. The third-order valence-corrected chi connectivity index (χ3v) is 3.23. The van der Waals surface area contributed by atoms with Crippen LogP contribution in [0.2, 0.25) is 0 Å². The van der Waals surface area contributed by atoms with E-state index in [9.17, 15) is 15.0 Å². The number of rotatable bonds is 6. The minimum Gasteiger partial charge on any atom is -0.508 e. The summed E-state index contributed by atoms with van der Waals surface area (Å²) in [5, 5.41) is 28.3. The zero-order chi connectivity index (χ0) is 15.9. The number of benzene rings is 2. The second kappa shape index (κ2) is 7.47. The molecule has 2 aromatic rings. The maximum Gasteiger partial charge on any atom is 0.308 e. The number of hydrogen-bond donors (Lipinski definition) is 3. The summed E-state index contributed by atoms with van der Waals surface area (Å²) < 4.78 is 5.08. The van der Waals surface area contributed by atoms with Crippen molar-refractivity contribution in [3.8, 4) is 11.5 Å². The Morgan fingerprint density at radius 1 is 0.955 bits per heavy atom. The van der Waals surface area contributed by atoms with Crippen molar-refractivity contribution in [2.75, 3.05) is 6.61 Å². The van der Waals surface area contributed by atoms with Gasteiger partial charge in [0, 0.05) is 6.42 Å². The molecule has 0 amide bonds. The van der Waals surface area contributed by atoms with Gasteiger partial charge >= 0.3 is 5.97 Å². The lowest BCUT2D eigenvalue weighted by Crippen LogP contribution is -2.12. The Hall–Kier alpha value is -2.53. The first-order valence-electron chi connectivity index (χ1n) is 6.95. The molecule has 22 heavy (non-hydrogen) atoms. The van der Waals surface area contributed by atoms with E-state index in [1.54, 1.807) is 36.4 Å². The normalized spacial score (nSPS) is 11.9. The van der Waals surface area contributed by atoms with Crippen LogP contribution in [0.4, 0.5) is 0 Å². The van der Waals surface area contributed by atoms with E-state index in [1.807, 2.05) is 0 Å². The van der Waals surface area contributed by atoms with Crippen LogP contribution in [-0.4, -0.2) is 27.9 Å². The summed E-state index contributed by atoms with van der Waals surface area (Å²) in [6.45, 7) is 0.214. The van der Waals surface area contributed by atoms with Gasteiger partial charge in [-0.2, -0.15) is 0 Å². The summed E-state index contributed by atoms with van der Waals surface area (Å²) in [6, 6.07) is 12.7. The Balaban J connectivity index is 1.75. The number of phenolic OH excluding ortho intramolecular Hbond substituents is 2. The van der Waals surface area contributed by atoms with E-state index in [2.05, 4.69) is 0 Å². The predicted octanol–water partition coefficient (Wildman–Crippen LogP) is 2.31. The van der Waals surface area contributed by atoms with Crippen molar-refractivity contribution in [2.45, 2.75) is 18.9 Å². The molecule has 116 valence electrons. The predicted molar refractivity (Wildman–Crippen MR) is 80.5 cm³/mol. The van der Waals surface area contributed by atoms with E-state index in [0.717, 1.165) is 5.56 Å². The summed E-state index contributed by atoms with van der Waals surface area (Å²) in [5.74, 6) is -0.190. The van der Waals surface area contributed by atoms with Gasteiger partial charge in [-0.25, -0.2) is 0 Å². The van der Waals surface area contributed by atoms with E-state index in [0.29, 0.717) is 12.0 Å². The molecule has 1 atom stereocenters. The maximum atomic E-state index is 11.7. The Morgan fingerprint density at radius 2 is 1.50 bits per heavy atom.